The molecule has 3 heteroatoms. The predicted octanol–water partition coefficient (Wildman–Crippen LogP) is 3.89. The molecule has 0 spiro atoms. The fourth-order valence-electron chi connectivity index (χ4n) is 2.85. The van der Waals surface area contributed by atoms with Crippen LogP contribution in [0.2, 0.25) is 0 Å². The zero-order valence-corrected chi connectivity index (χ0v) is 12.9. The van der Waals surface area contributed by atoms with Crippen molar-refractivity contribution >= 4 is 10.8 Å². The van der Waals surface area contributed by atoms with Crippen molar-refractivity contribution in [2.45, 2.75) is 50.0 Å². The van der Waals surface area contributed by atoms with Gasteiger partial charge < -0.3 is 5.11 Å². The van der Waals surface area contributed by atoms with Crippen LogP contribution in [-0.4, -0.2) is 15.4 Å². The molecular weight excluding hydrogens is 268 g/mol. The minimum Gasteiger partial charge on any atom is -0.392 e. The lowest BCUT2D eigenvalue weighted by atomic mass is 9.81. The summed E-state index contributed by atoms with van der Waals surface area (Å²) in [4.78, 5) is 0.808. The summed E-state index contributed by atoms with van der Waals surface area (Å²) >= 11 is 0. The lowest BCUT2D eigenvalue weighted by Crippen LogP contribution is -2.28. The molecule has 2 rings (SSSR count). The molecule has 0 saturated heterocycles. The van der Waals surface area contributed by atoms with Crippen LogP contribution < -0.4 is 0 Å². The third-order valence-corrected chi connectivity index (χ3v) is 5.29. The van der Waals surface area contributed by atoms with Crippen molar-refractivity contribution in [3.05, 3.63) is 41.8 Å². The molecule has 0 heterocycles. The summed E-state index contributed by atoms with van der Waals surface area (Å²) in [7, 11) is -1.12. The molecule has 20 heavy (non-hydrogen) atoms. The van der Waals surface area contributed by atoms with Crippen molar-refractivity contribution in [3.8, 4) is 0 Å². The van der Waals surface area contributed by atoms with Gasteiger partial charge in [-0.1, -0.05) is 50.5 Å². The Morgan fingerprint density at radius 2 is 1.85 bits per heavy atom. The van der Waals surface area contributed by atoms with E-state index in [4.69, 9.17) is 0 Å². The second-order valence-electron chi connectivity index (χ2n) is 5.69. The Morgan fingerprint density at radius 3 is 2.50 bits per heavy atom. The maximum Gasteiger partial charge on any atom is 0.0772 e. The summed E-state index contributed by atoms with van der Waals surface area (Å²) in [5, 5.41) is 12.1. The molecule has 0 aliphatic heterocycles. The molecule has 0 radical (unpaired) electrons. The summed E-state index contributed by atoms with van der Waals surface area (Å²) < 4.78 is 12.1. The predicted molar refractivity (Wildman–Crippen MR) is 83.7 cm³/mol. The summed E-state index contributed by atoms with van der Waals surface area (Å²) in [6.45, 7) is 2.01. The lowest BCUT2D eigenvalue weighted by Gasteiger charge is -2.29. The second-order valence-corrected chi connectivity index (χ2v) is 7.03. The Kier molecular flexibility index (Phi) is 5.99. The van der Waals surface area contributed by atoms with Gasteiger partial charge in [0.1, 0.15) is 0 Å². The number of aliphatic hydroxyl groups excluding tert-OH is 1. The minimum absolute atomic E-state index is 0.0609. The molecule has 1 aromatic carbocycles. The molecule has 1 unspecified atom stereocenters. The van der Waals surface area contributed by atoms with Crippen LogP contribution in [0.3, 0.4) is 0 Å². The lowest BCUT2D eigenvalue weighted by molar-refractivity contribution is 0.0557. The molecule has 1 aliphatic carbocycles. The van der Waals surface area contributed by atoms with Gasteiger partial charge >= 0.3 is 0 Å². The van der Waals surface area contributed by atoms with Crippen LogP contribution in [0.5, 0.6) is 0 Å². The molecular formula is C17H24O2S. The van der Waals surface area contributed by atoms with Gasteiger partial charge in [-0.2, -0.15) is 0 Å². The topological polar surface area (TPSA) is 37.3 Å². The highest BCUT2D eigenvalue weighted by Crippen LogP contribution is 2.30. The van der Waals surface area contributed by atoms with Gasteiger partial charge in [-0.25, -0.2) is 4.21 Å². The zero-order chi connectivity index (χ0) is 14.4. The van der Waals surface area contributed by atoms with Gasteiger partial charge in [-0.15, -0.1) is 0 Å². The van der Waals surface area contributed by atoms with Crippen LogP contribution in [0.4, 0.5) is 0 Å². The first-order chi connectivity index (χ1) is 9.68. The van der Waals surface area contributed by atoms with Gasteiger partial charge in [-0.05, 0) is 30.9 Å². The van der Waals surface area contributed by atoms with Crippen molar-refractivity contribution in [3.63, 3.8) is 0 Å². The SMILES string of the molecule is C[C@@H](/C=C/S(=O)c1ccccc1)[C@H](O)C1CCCCC1. The molecule has 1 fully saturated rings. The molecule has 3 atom stereocenters. The molecule has 1 aromatic rings. The molecule has 110 valence electrons. The van der Waals surface area contributed by atoms with E-state index in [1.165, 1.54) is 19.3 Å². The first-order valence-electron chi connectivity index (χ1n) is 7.50. The van der Waals surface area contributed by atoms with Crippen molar-refractivity contribution in [2.75, 3.05) is 0 Å². The van der Waals surface area contributed by atoms with E-state index in [1.807, 2.05) is 43.3 Å². The maximum absolute atomic E-state index is 12.1. The van der Waals surface area contributed by atoms with Crippen LogP contribution in [0.15, 0.2) is 46.7 Å². The molecule has 0 bridgehead atoms. The summed E-state index contributed by atoms with van der Waals surface area (Å²) in [6, 6.07) is 9.42. The zero-order valence-electron chi connectivity index (χ0n) is 12.1. The largest absolute Gasteiger partial charge is 0.392 e. The van der Waals surface area contributed by atoms with Crippen LogP contribution in [-0.2, 0) is 10.8 Å². The smallest absolute Gasteiger partial charge is 0.0772 e. The fourth-order valence-corrected chi connectivity index (χ4v) is 3.82. The van der Waals surface area contributed by atoms with Crippen molar-refractivity contribution < 1.29 is 9.32 Å². The van der Waals surface area contributed by atoms with E-state index in [1.54, 1.807) is 5.41 Å². The summed E-state index contributed by atoms with van der Waals surface area (Å²) in [6.07, 6.45) is 7.61. The highest BCUT2D eigenvalue weighted by atomic mass is 32.2. The van der Waals surface area contributed by atoms with E-state index in [-0.39, 0.29) is 12.0 Å². The highest BCUT2D eigenvalue weighted by Gasteiger charge is 2.24. The van der Waals surface area contributed by atoms with E-state index in [2.05, 4.69) is 0 Å². The monoisotopic (exact) mass is 292 g/mol. The molecule has 0 amide bonds. The van der Waals surface area contributed by atoms with Gasteiger partial charge in [0.2, 0.25) is 0 Å². The molecule has 1 saturated carbocycles. The van der Waals surface area contributed by atoms with Gasteiger partial charge in [0.25, 0.3) is 0 Å². The molecule has 2 nitrogen and oxygen atoms in total. The van der Waals surface area contributed by atoms with Gasteiger partial charge in [0.15, 0.2) is 0 Å². The van der Waals surface area contributed by atoms with Gasteiger partial charge in [0, 0.05) is 16.2 Å². The second kappa shape index (κ2) is 7.75. The average Bonchev–Trinajstić information content (AvgIpc) is 2.53. The van der Waals surface area contributed by atoms with Crippen molar-refractivity contribution in [2.24, 2.45) is 11.8 Å². The first-order valence-corrected chi connectivity index (χ1v) is 8.72. The summed E-state index contributed by atoms with van der Waals surface area (Å²) in [5.41, 5.74) is 0. The van der Waals surface area contributed by atoms with Crippen LogP contribution in [0.25, 0.3) is 0 Å². The average molecular weight is 292 g/mol. The first kappa shape index (κ1) is 15.5. The fraction of sp³-hybridized carbons (Fsp3) is 0.529. The van der Waals surface area contributed by atoms with Crippen LogP contribution >= 0.6 is 0 Å². The molecule has 1 aliphatic rings. The van der Waals surface area contributed by atoms with Crippen molar-refractivity contribution in [1.82, 2.24) is 0 Å². The highest BCUT2D eigenvalue weighted by molar-refractivity contribution is 7.88. The van der Waals surface area contributed by atoms with Gasteiger partial charge in [0.05, 0.1) is 16.9 Å². The molecule has 1 N–H and O–H groups in total. The number of benzene rings is 1. The van der Waals surface area contributed by atoms with E-state index in [0.29, 0.717) is 5.92 Å². The normalized spacial score (nSPS) is 21.7. The standard InChI is InChI=1S/C17H24O2S/c1-14(17(18)15-8-4-2-5-9-15)12-13-20(19)16-10-6-3-7-11-16/h3,6-7,10-15,17-18H,2,4-5,8-9H2,1H3/b13-12+/t14-,17-,20?/m0/s1. The number of rotatable bonds is 5. The quantitative estimate of drug-likeness (QED) is 0.894. The number of hydrogen-bond acceptors (Lipinski definition) is 2. The van der Waals surface area contributed by atoms with E-state index in [9.17, 15) is 9.32 Å². The Bertz CT molecular complexity index is 449. The number of aliphatic hydroxyl groups is 1. The van der Waals surface area contributed by atoms with Crippen LogP contribution in [0, 0.1) is 11.8 Å². The van der Waals surface area contributed by atoms with E-state index < -0.39 is 10.8 Å². The maximum atomic E-state index is 12.1. The Morgan fingerprint density at radius 1 is 1.20 bits per heavy atom. The van der Waals surface area contributed by atoms with E-state index in [0.717, 1.165) is 17.7 Å². The Balaban J connectivity index is 1.91. The van der Waals surface area contributed by atoms with E-state index >= 15 is 0 Å². The molecule has 0 aromatic heterocycles. The minimum atomic E-state index is -1.12. The van der Waals surface area contributed by atoms with Crippen LogP contribution in [0.1, 0.15) is 39.0 Å². The third-order valence-electron chi connectivity index (χ3n) is 4.15. The Labute approximate surface area is 124 Å². The third kappa shape index (κ3) is 4.29. The number of hydrogen-bond donors (Lipinski definition) is 1. The van der Waals surface area contributed by atoms with Crippen molar-refractivity contribution in [1.29, 1.82) is 0 Å². The van der Waals surface area contributed by atoms with Gasteiger partial charge in [-0.3, -0.25) is 0 Å². The Hall–Kier alpha value is -0.930. The summed E-state index contributed by atoms with van der Waals surface area (Å²) in [5.74, 6) is 0.472.